The molecule has 1 atom stereocenters. The van der Waals surface area contributed by atoms with Crippen molar-refractivity contribution in [3.63, 3.8) is 0 Å². The molecule has 1 fully saturated rings. The Kier molecular flexibility index (Phi) is 5.88. The Bertz CT molecular complexity index is 411. The first-order valence-corrected chi connectivity index (χ1v) is 8.22. The smallest absolute Gasteiger partial charge is 0.410 e. The quantitative estimate of drug-likeness (QED) is 0.870. The van der Waals surface area contributed by atoms with Crippen molar-refractivity contribution >= 4 is 12.0 Å². The number of hydrogen-bond donors (Lipinski definition) is 1. The van der Waals surface area contributed by atoms with Gasteiger partial charge in [0.25, 0.3) is 0 Å². The molecule has 0 saturated carbocycles. The van der Waals surface area contributed by atoms with E-state index < -0.39 is 5.60 Å². The molecule has 1 aliphatic heterocycles. The molecule has 128 valence electrons. The zero-order chi connectivity index (χ0) is 17.1. The highest BCUT2D eigenvalue weighted by Crippen LogP contribution is 2.22. The minimum Gasteiger partial charge on any atom is -0.444 e. The molecule has 1 saturated heterocycles. The molecule has 1 unspecified atom stereocenters. The summed E-state index contributed by atoms with van der Waals surface area (Å²) in [5, 5.41) is 3.12. The number of carbonyl (C=O) groups is 2. The molecule has 0 aromatic heterocycles. The Morgan fingerprint density at radius 2 is 1.77 bits per heavy atom. The summed E-state index contributed by atoms with van der Waals surface area (Å²) in [5.41, 5.74) is -0.753. The van der Waals surface area contributed by atoms with Crippen LogP contribution in [0.2, 0.25) is 0 Å². The summed E-state index contributed by atoms with van der Waals surface area (Å²) in [6.45, 7) is 14.9. The predicted octanol–water partition coefficient (Wildman–Crippen LogP) is 3.18. The molecule has 1 N–H and O–H groups in total. The lowest BCUT2D eigenvalue weighted by atomic mass is 9.89. The van der Waals surface area contributed by atoms with Crippen LogP contribution in [-0.4, -0.2) is 41.1 Å². The minimum absolute atomic E-state index is 0.0342. The van der Waals surface area contributed by atoms with Crippen LogP contribution in [0.1, 0.15) is 61.3 Å². The topological polar surface area (TPSA) is 58.6 Å². The van der Waals surface area contributed by atoms with Crippen LogP contribution in [0.5, 0.6) is 0 Å². The Hall–Kier alpha value is -1.26. The van der Waals surface area contributed by atoms with Gasteiger partial charge in [-0.05, 0) is 53.4 Å². The predicted molar refractivity (Wildman–Crippen MR) is 87.6 cm³/mol. The summed E-state index contributed by atoms with van der Waals surface area (Å²) in [5.74, 6) is 0.230. The number of nitrogens with zero attached hydrogens (tertiary/aromatic N) is 1. The van der Waals surface area contributed by atoms with Crippen molar-refractivity contribution in [2.24, 2.45) is 11.8 Å². The second kappa shape index (κ2) is 6.88. The first-order chi connectivity index (χ1) is 9.92. The van der Waals surface area contributed by atoms with Gasteiger partial charge < -0.3 is 15.0 Å². The van der Waals surface area contributed by atoms with E-state index in [1.54, 1.807) is 4.90 Å². The van der Waals surface area contributed by atoms with E-state index in [2.05, 4.69) is 19.2 Å². The lowest BCUT2D eigenvalue weighted by molar-refractivity contribution is -0.128. The molecule has 1 aliphatic rings. The highest BCUT2D eigenvalue weighted by Gasteiger charge is 2.33. The minimum atomic E-state index is -0.508. The molecule has 0 aromatic rings. The summed E-state index contributed by atoms with van der Waals surface area (Å²) in [7, 11) is 0. The fourth-order valence-electron chi connectivity index (χ4n) is 2.25. The summed E-state index contributed by atoms with van der Waals surface area (Å²) >= 11 is 0. The Balaban J connectivity index is 2.63. The van der Waals surface area contributed by atoms with Crippen molar-refractivity contribution in [3.05, 3.63) is 0 Å². The number of piperidine rings is 1. The third kappa shape index (κ3) is 5.50. The van der Waals surface area contributed by atoms with Crippen LogP contribution in [0.25, 0.3) is 0 Å². The lowest BCUT2D eigenvalue weighted by Gasteiger charge is -2.36. The standard InChI is InChI=1S/C17H32N2O3/c1-12(2)17(6,7)18-14(20)13-9-8-10-19(11-13)15(21)22-16(3,4)5/h12-13H,8-11H2,1-7H3,(H,18,20). The van der Waals surface area contributed by atoms with E-state index in [4.69, 9.17) is 4.74 Å². The van der Waals surface area contributed by atoms with Gasteiger partial charge in [0.15, 0.2) is 0 Å². The van der Waals surface area contributed by atoms with Gasteiger partial charge >= 0.3 is 6.09 Å². The Labute approximate surface area is 134 Å². The summed E-state index contributed by atoms with van der Waals surface area (Å²) < 4.78 is 5.40. The van der Waals surface area contributed by atoms with Gasteiger partial charge in [0.1, 0.15) is 5.60 Å². The van der Waals surface area contributed by atoms with Crippen LogP contribution in [0, 0.1) is 11.8 Å². The van der Waals surface area contributed by atoms with Crippen molar-refractivity contribution in [2.45, 2.75) is 72.4 Å². The molecule has 0 aliphatic carbocycles. The molecule has 1 heterocycles. The summed E-state index contributed by atoms with van der Waals surface area (Å²) in [6.07, 6.45) is 1.33. The van der Waals surface area contributed by atoms with Crippen LogP contribution in [0.4, 0.5) is 4.79 Å². The van der Waals surface area contributed by atoms with Crippen LogP contribution in [0.3, 0.4) is 0 Å². The third-order valence-corrected chi connectivity index (χ3v) is 4.33. The number of hydrogen-bond acceptors (Lipinski definition) is 3. The Morgan fingerprint density at radius 1 is 1.18 bits per heavy atom. The van der Waals surface area contributed by atoms with Crippen molar-refractivity contribution in [2.75, 3.05) is 13.1 Å². The third-order valence-electron chi connectivity index (χ3n) is 4.33. The van der Waals surface area contributed by atoms with Gasteiger partial charge in [0.2, 0.25) is 5.91 Å². The summed E-state index contributed by atoms with van der Waals surface area (Å²) in [4.78, 5) is 26.3. The zero-order valence-electron chi connectivity index (χ0n) is 15.2. The van der Waals surface area contributed by atoms with Crippen molar-refractivity contribution in [1.82, 2.24) is 10.2 Å². The van der Waals surface area contributed by atoms with Gasteiger partial charge in [0, 0.05) is 18.6 Å². The van der Waals surface area contributed by atoms with Crippen LogP contribution < -0.4 is 5.32 Å². The van der Waals surface area contributed by atoms with Crippen molar-refractivity contribution < 1.29 is 14.3 Å². The number of amides is 2. The van der Waals surface area contributed by atoms with E-state index in [1.807, 2.05) is 34.6 Å². The normalized spacial score (nSPS) is 20.0. The maximum atomic E-state index is 12.5. The van der Waals surface area contributed by atoms with Gasteiger partial charge in [-0.15, -0.1) is 0 Å². The largest absolute Gasteiger partial charge is 0.444 e. The molecule has 5 nitrogen and oxygen atoms in total. The van der Waals surface area contributed by atoms with E-state index >= 15 is 0 Å². The second-order valence-electron chi connectivity index (χ2n) is 8.13. The van der Waals surface area contributed by atoms with E-state index in [1.165, 1.54) is 0 Å². The van der Waals surface area contributed by atoms with E-state index in [9.17, 15) is 9.59 Å². The van der Waals surface area contributed by atoms with E-state index in [0.29, 0.717) is 19.0 Å². The molecule has 0 radical (unpaired) electrons. The molecule has 0 bridgehead atoms. The molecule has 22 heavy (non-hydrogen) atoms. The fraction of sp³-hybridized carbons (Fsp3) is 0.882. The van der Waals surface area contributed by atoms with Crippen LogP contribution >= 0.6 is 0 Å². The molecular weight excluding hydrogens is 280 g/mol. The Morgan fingerprint density at radius 3 is 2.27 bits per heavy atom. The molecule has 0 spiro atoms. The maximum Gasteiger partial charge on any atom is 0.410 e. The number of likely N-dealkylation sites (tertiary alicyclic amines) is 1. The lowest BCUT2D eigenvalue weighted by Crippen LogP contribution is -2.53. The number of ether oxygens (including phenoxy) is 1. The van der Waals surface area contributed by atoms with Gasteiger partial charge in [-0.3, -0.25) is 4.79 Å². The second-order valence-corrected chi connectivity index (χ2v) is 8.13. The van der Waals surface area contributed by atoms with Gasteiger partial charge in [-0.2, -0.15) is 0 Å². The monoisotopic (exact) mass is 312 g/mol. The molecule has 2 amide bonds. The maximum absolute atomic E-state index is 12.5. The van der Waals surface area contributed by atoms with E-state index in [0.717, 1.165) is 12.8 Å². The van der Waals surface area contributed by atoms with Crippen molar-refractivity contribution in [3.8, 4) is 0 Å². The zero-order valence-corrected chi connectivity index (χ0v) is 15.2. The van der Waals surface area contributed by atoms with E-state index in [-0.39, 0.29) is 23.5 Å². The number of nitrogens with one attached hydrogen (secondary N) is 1. The highest BCUT2D eigenvalue weighted by molar-refractivity contribution is 5.80. The number of carbonyl (C=O) groups excluding carboxylic acids is 2. The van der Waals surface area contributed by atoms with Gasteiger partial charge in [0.05, 0.1) is 5.92 Å². The molecule has 5 heteroatoms. The van der Waals surface area contributed by atoms with Crippen LogP contribution in [-0.2, 0) is 9.53 Å². The molecule has 0 aromatic carbocycles. The first kappa shape index (κ1) is 18.8. The highest BCUT2D eigenvalue weighted by atomic mass is 16.6. The van der Waals surface area contributed by atoms with Gasteiger partial charge in [-0.1, -0.05) is 13.8 Å². The van der Waals surface area contributed by atoms with Gasteiger partial charge in [-0.25, -0.2) is 4.79 Å². The summed E-state index contributed by atoms with van der Waals surface area (Å²) in [6, 6.07) is 0. The number of rotatable bonds is 3. The SMILES string of the molecule is CC(C)C(C)(C)NC(=O)C1CCCN(C(=O)OC(C)(C)C)C1. The molecular formula is C17H32N2O3. The average molecular weight is 312 g/mol. The van der Waals surface area contributed by atoms with Crippen molar-refractivity contribution in [1.29, 1.82) is 0 Å². The fourth-order valence-corrected chi connectivity index (χ4v) is 2.25. The van der Waals surface area contributed by atoms with Crippen LogP contribution in [0.15, 0.2) is 0 Å². The first-order valence-electron chi connectivity index (χ1n) is 8.22. The molecule has 1 rings (SSSR count). The average Bonchev–Trinajstić information content (AvgIpc) is 2.36.